The minimum absolute atomic E-state index is 0.0944. The van der Waals surface area contributed by atoms with Gasteiger partial charge in [0.25, 0.3) is 0 Å². The number of hydrogen-bond acceptors (Lipinski definition) is 3. The van der Waals surface area contributed by atoms with Crippen LogP contribution in [0.25, 0.3) is 0 Å². The number of rotatable bonds is 4. The molecule has 0 atom stereocenters. The molecule has 0 aliphatic rings. The minimum atomic E-state index is -3.13. The van der Waals surface area contributed by atoms with Crippen LogP contribution in [0, 0.1) is 0 Å². The molecule has 1 aromatic carbocycles. The Labute approximate surface area is 97.0 Å². The lowest BCUT2D eigenvalue weighted by Crippen LogP contribution is -2.07. The SMILES string of the molecule is CC(C)c1ccc(S(=O)(=O)CCS)cc1. The topological polar surface area (TPSA) is 34.1 Å². The fraction of sp³-hybridized carbons (Fsp3) is 0.455. The summed E-state index contributed by atoms with van der Waals surface area (Å²) >= 11 is 3.94. The first-order valence-corrected chi connectivity index (χ1v) is 7.19. The summed E-state index contributed by atoms with van der Waals surface area (Å²) in [6, 6.07) is 7.09. The molecule has 0 fully saturated rings. The number of thiol groups is 1. The van der Waals surface area contributed by atoms with Crippen molar-refractivity contribution >= 4 is 22.5 Å². The third-order valence-corrected chi connectivity index (χ3v) is 4.52. The molecule has 84 valence electrons. The van der Waals surface area contributed by atoms with Gasteiger partial charge in [-0.2, -0.15) is 12.6 Å². The maximum absolute atomic E-state index is 11.7. The molecule has 0 saturated carbocycles. The van der Waals surface area contributed by atoms with Crippen LogP contribution in [-0.2, 0) is 9.84 Å². The molecular weight excluding hydrogens is 228 g/mol. The summed E-state index contributed by atoms with van der Waals surface area (Å²) in [5.74, 6) is 0.873. The van der Waals surface area contributed by atoms with Crippen molar-refractivity contribution < 1.29 is 8.42 Å². The molecule has 0 heterocycles. The predicted molar refractivity (Wildman–Crippen MR) is 66.4 cm³/mol. The largest absolute Gasteiger partial charge is 0.224 e. The fourth-order valence-electron chi connectivity index (χ4n) is 1.30. The fourth-order valence-corrected chi connectivity index (χ4v) is 3.05. The van der Waals surface area contributed by atoms with Crippen molar-refractivity contribution in [1.82, 2.24) is 0 Å². The zero-order valence-electron chi connectivity index (χ0n) is 8.97. The van der Waals surface area contributed by atoms with Crippen LogP contribution in [0.4, 0.5) is 0 Å². The third-order valence-electron chi connectivity index (χ3n) is 2.27. The Hall–Kier alpha value is -0.480. The van der Waals surface area contributed by atoms with Crippen LogP contribution in [0.15, 0.2) is 29.2 Å². The van der Waals surface area contributed by atoms with Gasteiger partial charge in [0.2, 0.25) is 0 Å². The second kappa shape index (κ2) is 5.03. The molecule has 15 heavy (non-hydrogen) atoms. The van der Waals surface area contributed by atoms with Crippen LogP contribution in [0.3, 0.4) is 0 Å². The highest BCUT2D eigenvalue weighted by Crippen LogP contribution is 2.18. The number of sulfone groups is 1. The van der Waals surface area contributed by atoms with E-state index in [-0.39, 0.29) is 5.75 Å². The van der Waals surface area contributed by atoms with Crippen molar-refractivity contribution in [2.45, 2.75) is 24.7 Å². The quantitative estimate of drug-likeness (QED) is 0.826. The number of hydrogen-bond donors (Lipinski definition) is 1. The summed E-state index contributed by atoms with van der Waals surface area (Å²) in [5, 5.41) is 0. The molecule has 0 amide bonds. The maximum atomic E-state index is 11.7. The molecule has 4 heteroatoms. The van der Waals surface area contributed by atoms with E-state index in [9.17, 15) is 8.42 Å². The summed E-state index contributed by atoms with van der Waals surface area (Å²) < 4.78 is 23.3. The van der Waals surface area contributed by atoms with Crippen LogP contribution >= 0.6 is 12.6 Å². The molecule has 0 unspecified atom stereocenters. The van der Waals surface area contributed by atoms with Gasteiger partial charge >= 0.3 is 0 Å². The van der Waals surface area contributed by atoms with Gasteiger partial charge in [-0.15, -0.1) is 0 Å². The zero-order valence-corrected chi connectivity index (χ0v) is 10.7. The summed E-state index contributed by atoms with van der Waals surface area (Å²) in [4.78, 5) is 0.390. The molecular formula is C11H16O2S2. The first-order chi connectivity index (χ1) is 6.97. The van der Waals surface area contributed by atoms with Gasteiger partial charge < -0.3 is 0 Å². The standard InChI is InChI=1S/C11H16O2S2/c1-9(2)10-3-5-11(6-4-10)15(12,13)8-7-14/h3-6,9,14H,7-8H2,1-2H3. The molecule has 0 aromatic heterocycles. The Morgan fingerprint density at radius 1 is 1.20 bits per heavy atom. The number of benzene rings is 1. The van der Waals surface area contributed by atoms with Crippen LogP contribution in [0.1, 0.15) is 25.3 Å². The molecule has 0 bridgehead atoms. The molecule has 0 aliphatic heterocycles. The molecule has 1 rings (SSSR count). The second-order valence-electron chi connectivity index (χ2n) is 3.77. The van der Waals surface area contributed by atoms with E-state index in [2.05, 4.69) is 26.5 Å². The zero-order chi connectivity index (χ0) is 11.5. The average molecular weight is 244 g/mol. The van der Waals surface area contributed by atoms with E-state index in [1.54, 1.807) is 12.1 Å². The van der Waals surface area contributed by atoms with Crippen molar-refractivity contribution in [2.24, 2.45) is 0 Å². The van der Waals surface area contributed by atoms with E-state index in [4.69, 9.17) is 0 Å². The molecule has 0 saturated heterocycles. The van der Waals surface area contributed by atoms with Crippen LogP contribution in [0.2, 0.25) is 0 Å². The van der Waals surface area contributed by atoms with Gasteiger partial charge in [0.1, 0.15) is 0 Å². The molecule has 0 spiro atoms. The minimum Gasteiger partial charge on any atom is -0.224 e. The summed E-state index contributed by atoms with van der Waals surface area (Å²) in [6.45, 7) is 4.16. The monoisotopic (exact) mass is 244 g/mol. The van der Waals surface area contributed by atoms with Crippen molar-refractivity contribution in [3.8, 4) is 0 Å². The van der Waals surface area contributed by atoms with Gasteiger partial charge in [0.15, 0.2) is 9.84 Å². The van der Waals surface area contributed by atoms with Crippen molar-refractivity contribution in [2.75, 3.05) is 11.5 Å². The van der Waals surface area contributed by atoms with E-state index >= 15 is 0 Å². The smallest absolute Gasteiger partial charge is 0.179 e. The molecule has 1 aromatic rings. The average Bonchev–Trinajstić information content (AvgIpc) is 2.18. The lowest BCUT2D eigenvalue weighted by atomic mass is 10.0. The van der Waals surface area contributed by atoms with Gasteiger partial charge in [0, 0.05) is 5.75 Å². The summed E-state index contributed by atoms with van der Waals surface area (Å²) in [6.07, 6.45) is 0. The Morgan fingerprint density at radius 3 is 2.13 bits per heavy atom. The van der Waals surface area contributed by atoms with Gasteiger partial charge in [-0.3, -0.25) is 0 Å². The van der Waals surface area contributed by atoms with Crippen LogP contribution < -0.4 is 0 Å². The molecule has 2 nitrogen and oxygen atoms in total. The first kappa shape index (κ1) is 12.6. The normalized spacial score (nSPS) is 12.0. The van der Waals surface area contributed by atoms with E-state index < -0.39 is 9.84 Å². The summed E-state index contributed by atoms with van der Waals surface area (Å²) in [5.41, 5.74) is 1.15. The Morgan fingerprint density at radius 2 is 1.73 bits per heavy atom. The third kappa shape index (κ3) is 3.24. The lowest BCUT2D eigenvalue weighted by Gasteiger charge is -2.07. The second-order valence-corrected chi connectivity index (χ2v) is 6.32. The van der Waals surface area contributed by atoms with Crippen LogP contribution in [0.5, 0.6) is 0 Å². The molecule has 0 N–H and O–H groups in total. The van der Waals surface area contributed by atoms with Crippen molar-refractivity contribution in [3.63, 3.8) is 0 Å². The highest BCUT2D eigenvalue weighted by molar-refractivity contribution is 7.92. The molecule has 0 radical (unpaired) electrons. The lowest BCUT2D eigenvalue weighted by molar-refractivity contribution is 0.597. The van der Waals surface area contributed by atoms with Crippen LogP contribution in [-0.4, -0.2) is 19.9 Å². The van der Waals surface area contributed by atoms with Gasteiger partial charge in [0.05, 0.1) is 10.6 Å². The molecule has 0 aliphatic carbocycles. The van der Waals surface area contributed by atoms with E-state index in [0.29, 0.717) is 16.6 Å². The Kier molecular flexibility index (Phi) is 4.22. The predicted octanol–water partition coefficient (Wildman–Crippen LogP) is 2.51. The first-order valence-electron chi connectivity index (χ1n) is 4.91. The Bertz CT molecular complexity index is 405. The van der Waals surface area contributed by atoms with Crippen molar-refractivity contribution in [3.05, 3.63) is 29.8 Å². The van der Waals surface area contributed by atoms with Gasteiger partial charge in [-0.05, 0) is 23.6 Å². The maximum Gasteiger partial charge on any atom is 0.179 e. The van der Waals surface area contributed by atoms with E-state index in [1.807, 2.05) is 12.1 Å². The van der Waals surface area contributed by atoms with Gasteiger partial charge in [-0.1, -0.05) is 26.0 Å². The summed E-state index contributed by atoms with van der Waals surface area (Å²) in [7, 11) is -3.13. The highest BCUT2D eigenvalue weighted by Gasteiger charge is 2.12. The van der Waals surface area contributed by atoms with E-state index in [1.165, 1.54) is 0 Å². The highest BCUT2D eigenvalue weighted by atomic mass is 32.2. The van der Waals surface area contributed by atoms with Gasteiger partial charge in [-0.25, -0.2) is 8.42 Å². The Balaban J connectivity index is 2.99. The van der Waals surface area contributed by atoms with E-state index in [0.717, 1.165) is 5.56 Å². The van der Waals surface area contributed by atoms with Crippen molar-refractivity contribution in [1.29, 1.82) is 0 Å².